The lowest BCUT2D eigenvalue weighted by molar-refractivity contribution is 0.0696. The topological polar surface area (TPSA) is 55.1 Å². The number of thiazole rings is 1. The van der Waals surface area contributed by atoms with Gasteiger partial charge in [0.05, 0.1) is 22.0 Å². The van der Waals surface area contributed by atoms with Crippen LogP contribution in [0, 0.1) is 6.92 Å². The van der Waals surface area contributed by atoms with Crippen molar-refractivity contribution in [3.8, 4) is 22.0 Å². The first-order valence-electron chi connectivity index (χ1n) is 8.17. The highest BCUT2D eigenvalue weighted by Crippen LogP contribution is 2.34. The molecule has 6 heteroatoms. The minimum absolute atomic E-state index is 0.332. The summed E-state index contributed by atoms with van der Waals surface area (Å²) in [5.41, 5.74) is 3.62. The van der Waals surface area contributed by atoms with E-state index in [1.165, 1.54) is 11.3 Å². The molecule has 0 unspecified atom stereocenters. The highest BCUT2D eigenvalue weighted by atomic mass is 35.5. The molecule has 0 aliphatic heterocycles. The molecule has 0 bridgehead atoms. The van der Waals surface area contributed by atoms with Crippen LogP contribution in [0.5, 0.6) is 0 Å². The third-order valence-corrected chi connectivity index (χ3v) is 5.41. The van der Waals surface area contributed by atoms with Crippen molar-refractivity contribution in [3.63, 3.8) is 0 Å². The summed E-state index contributed by atoms with van der Waals surface area (Å²) >= 11 is 7.78. The smallest absolute Gasteiger partial charge is 0.337 e. The quantitative estimate of drug-likeness (QED) is 0.598. The van der Waals surface area contributed by atoms with Crippen LogP contribution in [0.3, 0.4) is 0 Å². The number of halogens is 1. The predicted octanol–water partition coefficient (Wildman–Crippen LogP) is 5.74. The number of aromatic carboxylic acids is 1. The molecule has 0 saturated heterocycles. The van der Waals surface area contributed by atoms with E-state index in [-0.39, 0.29) is 0 Å². The van der Waals surface area contributed by atoms with Gasteiger partial charge in [-0.05, 0) is 25.5 Å². The van der Waals surface area contributed by atoms with Gasteiger partial charge in [0.15, 0.2) is 0 Å². The SMILES string of the molecule is CCCCn1c(-c2csc(-c3ccccc3Cl)n2)cc(C(=O)O)c1C. The second-order valence-corrected chi connectivity index (χ2v) is 7.12. The Morgan fingerprint density at radius 3 is 2.80 bits per heavy atom. The number of rotatable bonds is 6. The molecule has 2 heterocycles. The molecule has 4 nitrogen and oxygen atoms in total. The standard InChI is InChI=1S/C19H19ClN2O2S/c1-3-4-9-22-12(2)14(19(23)24)10-17(22)16-11-25-18(21-16)13-7-5-6-8-15(13)20/h5-8,10-11H,3-4,9H2,1-2H3,(H,23,24). The van der Waals surface area contributed by atoms with Crippen molar-refractivity contribution < 1.29 is 9.90 Å². The fourth-order valence-corrected chi connectivity index (χ4v) is 3.96. The molecule has 3 aromatic rings. The summed E-state index contributed by atoms with van der Waals surface area (Å²) in [6, 6.07) is 9.32. The third kappa shape index (κ3) is 3.48. The van der Waals surface area contributed by atoms with Gasteiger partial charge in [-0.25, -0.2) is 9.78 Å². The Morgan fingerprint density at radius 2 is 2.12 bits per heavy atom. The summed E-state index contributed by atoms with van der Waals surface area (Å²) in [6.45, 7) is 4.75. The van der Waals surface area contributed by atoms with E-state index >= 15 is 0 Å². The van der Waals surface area contributed by atoms with Gasteiger partial charge in [0, 0.05) is 23.2 Å². The van der Waals surface area contributed by atoms with E-state index in [0.717, 1.165) is 47.0 Å². The summed E-state index contributed by atoms with van der Waals surface area (Å²) < 4.78 is 2.05. The summed E-state index contributed by atoms with van der Waals surface area (Å²) in [5, 5.41) is 12.9. The largest absolute Gasteiger partial charge is 0.478 e. The van der Waals surface area contributed by atoms with Crippen LogP contribution in [-0.2, 0) is 6.54 Å². The van der Waals surface area contributed by atoms with Crippen molar-refractivity contribution in [1.29, 1.82) is 0 Å². The van der Waals surface area contributed by atoms with E-state index in [1.807, 2.05) is 36.6 Å². The summed E-state index contributed by atoms with van der Waals surface area (Å²) in [5.74, 6) is -0.907. The first kappa shape index (κ1) is 17.7. The van der Waals surface area contributed by atoms with Crippen LogP contribution in [0.25, 0.3) is 22.0 Å². The van der Waals surface area contributed by atoms with E-state index in [1.54, 1.807) is 6.07 Å². The molecule has 0 fully saturated rings. The maximum atomic E-state index is 11.5. The van der Waals surface area contributed by atoms with E-state index in [2.05, 4.69) is 11.5 Å². The first-order valence-corrected chi connectivity index (χ1v) is 9.43. The monoisotopic (exact) mass is 374 g/mol. The second kappa shape index (κ2) is 7.42. The molecule has 1 N–H and O–H groups in total. The highest BCUT2D eigenvalue weighted by molar-refractivity contribution is 7.13. The van der Waals surface area contributed by atoms with Crippen molar-refractivity contribution in [3.05, 3.63) is 52.0 Å². The zero-order valence-electron chi connectivity index (χ0n) is 14.1. The van der Waals surface area contributed by atoms with Gasteiger partial charge < -0.3 is 9.67 Å². The van der Waals surface area contributed by atoms with Crippen molar-refractivity contribution in [2.24, 2.45) is 0 Å². The van der Waals surface area contributed by atoms with Crippen LogP contribution < -0.4 is 0 Å². The van der Waals surface area contributed by atoms with Gasteiger partial charge in [-0.2, -0.15) is 0 Å². The molecule has 1 aromatic carbocycles. The Hall–Kier alpha value is -2.11. The minimum Gasteiger partial charge on any atom is -0.478 e. The number of hydrogen-bond donors (Lipinski definition) is 1. The van der Waals surface area contributed by atoms with Gasteiger partial charge in [-0.3, -0.25) is 0 Å². The maximum Gasteiger partial charge on any atom is 0.337 e. The normalized spacial score (nSPS) is 11.0. The number of hydrogen-bond acceptors (Lipinski definition) is 3. The van der Waals surface area contributed by atoms with Gasteiger partial charge in [0.25, 0.3) is 0 Å². The molecule has 2 aromatic heterocycles. The Balaban J connectivity index is 2.06. The van der Waals surface area contributed by atoms with Crippen LogP contribution in [0.15, 0.2) is 35.7 Å². The Morgan fingerprint density at radius 1 is 1.36 bits per heavy atom. The highest BCUT2D eigenvalue weighted by Gasteiger charge is 2.19. The van der Waals surface area contributed by atoms with Gasteiger partial charge in [0.1, 0.15) is 5.01 Å². The lowest BCUT2D eigenvalue weighted by Crippen LogP contribution is -2.04. The molecule has 3 rings (SSSR count). The number of benzene rings is 1. The Kier molecular flexibility index (Phi) is 5.25. The molecule has 0 aliphatic carbocycles. The number of aromatic nitrogens is 2. The van der Waals surface area contributed by atoms with Gasteiger partial charge in [0.2, 0.25) is 0 Å². The molecule has 0 amide bonds. The van der Waals surface area contributed by atoms with E-state index < -0.39 is 5.97 Å². The van der Waals surface area contributed by atoms with Gasteiger partial charge in [-0.1, -0.05) is 43.1 Å². The van der Waals surface area contributed by atoms with E-state index in [0.29, 0.717) is 10.6 Å². The number of carboxylic acid groups (broad SMARTS) is 1. The van der Waals surface area contributed by atoms with Crippen molar-refractivity contribution in [1.82, 2.24) is 9.55 Å². The molecule has 25 heavy (non-hydrogen) atoms. The summed E-state index contributed by atoms with van der Waals surface area (Å²) in [6.07, 6.45) is 2.03. The molecule has 0 radical (unpaired) electrons. The molecule has 0 spiro atoms. The van der Waals surface area contributed by atoms with Gasteiger partial charge in [-0.15, -0.1) is 11.3 Å². The lowest BCUT2D eigenvalue weighted by atomic mass is 10.2. The van der Waals surface area contributed by atoms with Crippen molar-refractivity contribution >= 4 is 28.9 Å². The Labute approximate surface area is 155 Å². The Bertz CT molecular complexity index is 914. The molecular formula is C19H19ClN2O2S. The van der Waals surface area contributed by atoms with Crippen LogP contribution in [0.4, 0.5) is 0 Å². The van der Waals surface area contributed by atoms with E-state index in [9.17, 15) is 9.90 Å². The number of carboxylic acids is 1. The third-order valence-electron chi connectivity index (χ3n) is 4.20. The average Bonchev–Trinajstić information content (AvgIpc) is 3.18. The fourth-order valence-electron chi connectivity index (χ4n) is 2.83. The number of nitrogens with zero attached hydrogens (tertiary/aromatic N) is 2. The molecule has 130 valence electrons. The summed E-state index contributed by atoms with van der Waals surface area (Å²) in [7, 11) is 0. The summed E-state index contributed by atoms with van der Waals surface area (Å²) in [4.78, 5) is 16.2. The predicted molar refractivity (Wildman–Crippen MR) is 103 cm³/mol. The fraction of sp³-hybridized carbons (Fsp3) is 0.263. The second-order valence-electron chi connectivity index (χ2n) is 5.86. The van der Waals surface area contributed by atoms with Crippen LogP contribution in [0.2, 0.25) is 5.02 Å². The minimum atomic E-state index is -0.907. The number of carbonyl (C=O) groups is 1. The first-order chi connectivity index (χ1) is 12.0. The average molecular weight is 375 g/mol. The molecule has 0 saturated carbocycles. The number of unbranched alkanes of at least 4 members (excludes halogenated alkanes) is 1. The van der Waals surface area contributed by atoms with E-state index in [4.69, 9.17) is 16.6 Å². The zero-order chi connectivity index (χ0) is 18.0. The van der Waals surface area contributed by atoms with Crippen LogP contribution >= 0.6 is 22.9 Å². The van der Waals surface area contributed by atoms with Crippen molar-refractivity contribution in [2.75, 3.05) is 0 Å². The van der Waals surface area contributed by atoms with Crippen LogP contribution in [-0.4, -0.2) is 20.6 Å². The zero-order valence-corrected chi connectivity index (χ0v) is 15.7. The molecule has 0 aliphatic rings. The molecular weight excluding hydrogens is 356 g/mol. The van der Waals surface area contributed by atoms with Crippen LogP contribution in [0.1, 0.15) is 35.8 Å². The lowest BCUT2D eigenvalue weighted by Gasteiger charge is -2.09. The van der Waals surface area contributed by atoms with Crippen molar-refractivity contribution in [2.45, 2.75) is 33.2 Å². The van der Waals surface area contributed by atoms with Gasteiger partial charge >= 0.3 is 5.97 Å². The molecule has 0 atom stereocenters. The maximum absolute atomic E-state index is 11.5.